The monoisotopic (exact) mass is 245 g/mol. The number of aryl methyl sites for hydroxylation is 1. The second-order valence-electron chi connectivity index (χ2n) is 3.92. The zero-order valence-electron chi connectivity index (χ0n) is 10.2. The molecule has 1 aromatic heterocycles. The molecular formula is C11H20ClN3O. The topological polar surface area (TPSA) is 51.3 Å². The molecule has 1 heterocycles. The molecule has 1 aromatic rings. The molecule has 5 heteroatoms. The number of aromatic nitrogens is 1. The molecule has 92 valence electrons. The van der Waals surface area contributed by atoms with Gasteiger partial charge in [0.25, 0.3) is 5.91 Å². The molecule has 0 aliphatic heterocycles. The third kappa shape index (κ3) is 2.77. The van der Waals surface area contributed by atoms with Crippen LogP contribution in [-0.2, 0) is 7.05 Å². The highest BCUT2D eigenvalue weighted by Gasteiger charge is 2.18. The number of carbonyl (C=O) groups is 1. The first-order valence-electron chi connectivity index (χ1n) is 5.08. The number of carbonyl (C=O) groups excluding carboxylic acids is 1. The zero-order chi connectivity index (χ0) is 11.6. The SMILES string of the molecule is Cc1ccc(C(=O)N(C)C(C)CN)n1C.Cl. The van der Waals surface area contributed by atoms with Gasteiger partial charge >= 0.3 is 0 Å². The summed E-state index contributed by atoms with van der Waals surface area (Å²) >= 11 is 0. The van der Waals surface area contributed by atoms with Gasteiger partial charge in [0.1, 0.15) is 5.69 Å². The van der Waals surface area contributed by atoms with Crippen LogP contribution >= 0.6 is 12.4 Å². The number of likely N-dealkylation sites (N-methyl/N-ethyl adjacent to an activating group) is 1. The van der Waals surface area contributed by atoms with Crippen LogP contribution in [0.5, 0.6) is 0 Å². The van der Waals surface area contributed by atoms with Crippen molar-refractivity contribution < 1.29 is 4.79 Å². The number of halogens is 1. The molecule has 1 amide bonds. The van der Waals surface area contributed by atoms with Crippen LogP contribution in [0.3, 0.4) is 0 Å². The molecule has 0 fully saturated rings. The van der Waals surface area contributed by atoms with E-state index in [9.17, 15) is 4.79 Å². The van der Waals surface area contributed by atoms with Crippen LogP contribution < -0.4 is 5.73 Å². The van der Waals surface area contributed by atoms with Gasteiger partial charge in [-0.25, -0.2) is 0 Å². The van der Waals surface area contributed by atoms with E-state index in [2.05, 4.69) is 0 Å². The fourth-order valence-corrected chi connectivity index (χ4v) is 1.37. The van der Waals surface area contributed by atoms with E-state index in [1.54, 1.807) is 11.9 Å². The molecule has 0 aliphatic carbocycles. The first kappa shape index (κ1) is 15.0. The highest BCUT2D eigenvalue weighted by atomic mass is 35.5. The van der Waals surface area contributed by atoms with Crippen molar-refractivity contribution in [2.45, 2.75) is 19.9 Å². The highest BCUT2D eigenvalue weighted by molar-refractivity contribution is 5.93. The van der Waals surface area contributed by atoms with E-state index in [1.807, 2.05) is 37.6 Å². The van der Waals surface area contributed by atoms with Gasteiger partial charge in [-0.05, 0) is 26.0 Å². The summed E-state index contributed by atoms with van der Waals surface area (Å²) in [6.45, 7) is 4.39. The Kier molecular flexibility index (Phi) is 5.55. The van der Waals surface area contributed by atoms with E-state index < -0.39 is 0 Å². The van der Waals surface area contributed by atoms with Gasteiger partial charge in [-0.1, -0.05) is 0 Å². The standard InChI is InChI=1S/C11H19N3O.ClH/c1-8-5-6-10(13(8)3)11(15)14(4)9(2)7-12;/h5-6,9H,7,12H2,1-4H3;1H. The molecule has 0 aliphatic rings. The normalized spacial score (nSPS) is 11.8. The van der Waals surface area contributed by atoms with Gasteiger partial charge in [0.15, 0.2) is 0 Å². The molecule has 4 nitrogen and oxygen atoms in total. The number of nitrogens with zero attached hydrogens (tertiary/aromatic N) is 2. The van der Waals surface area contributed by atoms with Crippen molar-refractivity contribution in [1.82, 2.24) is 9.47 Å². The molecule has 0 spiro atoms. The van der Waals surface area contributed by atoms with Crippen molar-refractivity contribution in [1.29, 1.82) is 0 Å². The molecule has 2 N–H and O–H groups in total. The summed E-state index contributed by atoms with van der Waals surface area (Å²) in [6, 6.07) is 3.85. The van der Waals surface area contributed by atoms with E-state index in [0.29, 0.717) is 12.2 Å². The average Bonchev–Trinajstić information content (AvgIpc) is 2.56. The Labute approximate surface area is 103 Å². The van der Waals surface area contributed by atoms with Crippen molar-refractivity contribution >= 4 is 18.3 Å². The summed E-state index contributed by atoms with van der Waals surface area (Å²) in [6.07, 6.45) is 0. The lowest BCUT2D eigenvalue weighted by Crippen LogP contribution is -2.40. The summed E-state index contributed by atoms with van der Waals surface area (Å²) in [5.41, 5.74) is 7.31. The lowest BCUT2D eigenvalue weighted by Gasteiger charge is -2.23. The molecule has 0 saturated carbocycles. The van der Waals surface area contributed by atoms with Gasteiger partial charge in [0, 0.05) is 32.4 Å². The van der Waals surface area contributed by atoms with Crippen LogP contribution in [0.2, 0.25) is 0 Å². The van der Waals surface area contributed by atoms with Gasteiger partial charge in [0.2, 0.25) is 0 Å². The summed E-state index contributed by atoms with van der Waals surface area (Å²) in [5.74, 6) is 0.0172. The quantitative estimate of drug-likeness (QED) is 0.869. The molecule has 0 aromatic carbocycles. The highest BCUT2D eigenvalue weighted by Crippen LogP contribution is 2.09. The lowest BCUT2D eigenvalue weighted by atomic mass is 10.2. The van der Waals surface area contributed by atoms with Crippen LogP contribution in [0.25, 0.3) is 0 Å². The van der Waals surface area contributed by atoms with E-state index in [-0.39, 0.29) is 24.4 Å². The van der Waals surface area contributed by atoms with Gasteiger partial charge in [-0.15, -0.1) is 12.4 Å². The Morgan fingerprint density at radius 1 is 1.56 bits per heavy atom. The first-order valence-corrected chi connectivity index (χ1v) is 5.08. The minimum Gasteiger partial charge on any atom is -0.344 e. The summed E-state index contributed by atoms with van der Waals surface area (Å²) in [4.78, 5) is 13.7. The number of nitrogens with two attached hydrogens (primary N) is 1. The van der Waals surface area contributed by atoms with Gasteiger partial charge in [-0.3, -0.25) is 4.79 Å². The van der Waals surface area contributed by atoms with Crippen molar-refractivity contribution in [2.24, 2.45) is 12.8 Å². The fourth-order valence-electron chi connectivity index (χ4n) is 1.37. The van der Waals surface area contributed by atoms with Crippen LogP contribution in [-0.4, -0.2) is 35.0 Å². The largest absolute Gasteiger partial charge is 0.344 e. The average molecular weight is 246 g/mol. The molecule has 0 radical (unpaired) electrons. The van der Waals surface area contributed by atoms with Crippen LogP contribution in [0.15, 0.2) is 12.1 Å². The van der Waals surface area contributed by atoms with E-state index in [1.165, 1.54) is 0 Å². The maximum atomic E-state index is 12.0. The van der Waals surface area contributed by atoms with Crippen LogP contribution in [0.1, 0.15) is 23.1 Å². The molecule has 1 atom stereocenters. The van der Waals surface area contributed by atoms with Crippen molar-refractivity contribution in [2.75, 3.05) is 13.6 Å². The molecule has 0 bridgehead atoms. The minimum absolute atomic E-state index is 0. The number of hydrogen-bond donors (Lipinski definition) is 1. The predicted octanol–water partition coefficient (Wildman–Crippen LogP) is 1.17. The summed E-state index contributed by atoms with van der Waals surface area (Å²) in [7, 11) is 3.67. The Balaban J connectivity index is 0.00000225. The first-order chi connectivity index (χ1) is 6.99. The van der Waals surface area contributed by atoms with Crippen molar-refractivity contribution in [3.8, 4) is 0 Å². The fraction of sp³-hybridized carbons (Fsp3) is 0.545. The number of hydrogen-bond acceptors (Lipinski definition) is 2. The molecule has 1 rings (SSSR count). The minimum atomic E-state index is 0. The molecule has 0 saturated heterocycles. The smallest absolute Gasteiger partial charge is 0.270 e. The van der Waals surface area contributed by atoms with Gasteiger partial charge < -0.3 is 15.2 Å². The molecular weight excluding hydrogens is 226 g/mol. The van der Waals surface area contributed by atoms with Crippen LogP contribution in [0, 0.1) is 6.92 Å². The van der Waals surface area contributed by atoms with E-state index in [4.69, 9.17) is 5.73 Å². The predicted molar refractivity (Wildman–Crippen MR) is 68.0 cm³/mol. The Hall–Kier alpha value is -1.00. The number of amides is 1. The van der Waals surface area contributed by atoms with E-state index in [0.717, 1.165) is 5.69 Å². The maximum absolute atomic E-state index is 12.0. The third-order valence-corrected chi connectivity index (χ3v) is 2.91. The van der Waals surface area contributed by atoms with E-state index >= 15 is 0 Å². The van der Waals surface area contributed by atoms with Crippen LogP contribution in [0.4, 0.5) is 0 Å². The van der Waals surface area contributed by atoms with Crippen molar-refractivity contribution in [3.63, 3.8) is 0 Å². The zero-order valence-corrected chi connectivity index (χ0v) is 11.0. The molecule has 1 unspecified atom stereocenters. The van der Waals surface area contributed by atoms with Gasteiger partial charge in [-0.2, -0.15) is 0 Å². The lowest BCUT2D eigenvalue weighted by molar-refractivity contribution is 0.0738. The number of rotatable bonds is 3. The van der Waals surface area contributed by atoms with Gasteiger partial charge in [0.05, 0.1) is 0 Å². The second-order valence-corrected chi connectivity index (χ2v) is 3.92. The maximum Gasteiger partial charge on any atom is 0.270 e. The summed E-state index contributed by atoms with van der Waals surface area (Å²) < 4.78 is 1.89. The summed E-state index contributed by atoms with van der Waals surface area (Å²) in [5, 5.41) is 0. The molecule has 16 heavy (non-hydrogen) atoms. The Morgan fingerprint density at radius 2 is 2.12 bits per heavy atom. The third-order valence-electron chi connectivity index (χ3n) is 2.91. The Bertz CT molecular complexity index is 362. The Morgan fingerprint density at radius 3 is 2.50 bits per heavy atom. The second kappa shape index (κ2) is 5.92. The van der Waals surface area contributed by atoms with Crippen molar-refractivity contribution in [3.05, 3.63) is 23.5 Å².